The summed E-state index contributed by atoms with van der Waals surface area (Å²) in [5.41, 5.74) is 0. The molecule has 0 spiro atoms. The van der Waals surface area contributed by atoms with Crippen molar-refractivity contribution in [1.29, 1.82) is 0 Å². The number of carbonyl (C=O) groups is 1. The minimum atomic E-state index is 0.361. The van der Waals surface area contributed by atoms with Gasteiger partial charge in [0.2, 0.25) is 0 Å². The highest BCUT2D eigenvalue weighted by Crippen LogP contribution is 1.95. The first kappa shape index (κ1) is 23.4. The molecule has 0 saturated carbocycles. The molecule has 0 aliphatic rings. The standard InChI is InChI=1S/C6H14O.C2H4O.2C2H6/c1-2-3-4-5-6-7;1-2-3;2*1-2/h7H,2-6H2,1H3;2H,1H3;2*1-2H3. The molecule has 90 valence electrons. The Morgan fingerprint density at radius 3 is 1.57 bits per heavy atom. The van der Waals surface area contributed by atoms with Gasteiger partial charge in [0, 0.05) is 6.61 Å². The number of carbonyl (C=O) groups excluding carboxylic acids is 1. The first-order chi connectivity index (χ1) is 6.83. The number of aliphatic hydroxyl groups excluding tert-OH is 1. The normalized spacial score (nSPS) is 6.50. The van der Waals surface area contributed by atoms with Crippen LogP contribution in [0.2, 0.25) is 0 Å². The number of unbranched alkanes of at least 4 members (excludes halogenated alkanes) is 3. The van der Waals surface area contributed by atoms with Gasteiger partial charge in [-0.15, -0.1) is 0 Å². The van der Waals surface area contributed by atoms with E-state index in [-0.39, 0.29) is 0 Å². The zero-order valence-corrected chi connectivity index (χ0v) is 11.0. The van der Waals surface area contributed by atoms with Crippen LogP contribution in [0.1, 0.15) is 67.2 Å². The average molecular weight is 206 g/mol. The van der Waals surface area contributed by atoms with E-state index in [1.807, 2.05) is 27.7 Å². The van der Waals surface area contributed by atoms with Crippen molar-refractivity contribution in [2.24, 2.45) is 0 Å². The Labute approximate surface area is 90.7 Å². The van der Waals surface area contributed by atoms with Gasteiger partial charge in [-0.1, -0.05) is 53.9 Å². The van der Waals surface area contributed by atoms with Crippen LogP contribution in [0, 0.1) is 0 Å². The summed E-state index contributed by atoms with van der Waals surface area (Å²) in [7, 11) is 0. The average Bonchev–Trinajstić information content (AvgIpc) is 2.26. The van der Waals surface area contributed by atoms with Crippen molar-refractivity contribution in [3.63, 3.8) is 0 Å². The summed E-state index contributed by atoms with van der Waals surface area (Å²) in [4.78, 5) is 8.81. The molecule has 0 rings (SSSR count). The van der Waals surface area contributed by atoms with Crippen molar-refractivity contribution in [2.45, 2.75) is 67.2 Å². The summed E-state index contributed by atoms with van der Waals surface area (Å²) < 4.78 is 0. The maximum absolute atomic E-state index is 8.81. The SMILES string of the molecule is CC.CC.CC=O.CCCCCCO. The lowest BCUT2D eigenvalue weighted by Gasteiger charge is -1.90. The van der Waals surface area contributed by atoms with Gasteiger partial charge in [-0.3, -0.25) is 0 Å². The van der Waals surface area contributed by atoms with Crippen molar-refractivity contribution in [3.8, 4) is 0 Å². The summed E-state index contributed by atoms with van der Waals surface area (Å²) in [5, 5.41) is 8.29. The Balaban J connectivity index is -0.0000000603. The topological polar surface area (TPSA) is 37.3 Å². The molecular weight excluding hydrogens is 176 g/mol. The van der Waals surface area contributed by atoms with Crippen molar-refractivity contribution >= 4 is 6.29 Å². The lowest BCUT2D eigenvalue weighted by atomic mass is 10.2. The van der Waals surface area contributed by atoms with Gasteiger partial charge in [0.25, 0.3) is 0 Å². The second-order valence-electron chi connectivity index (χ2n) is 2.02. The minimum absolute atomic E-state index is 0.361. The van der Waals surface area contributed by atoms with E-state index < -0.39 is 0 Å². The third-order valence-electron chi connectivity index (χ3n) is 1.01. The van der Waals surface area contributed by atoms with Crippen LogP contribution >= 0.6 is 0 Å². The summed E-state index contributed by atoms with van der Waals surface area (Å²) in [6.07, 6.45) is 5.43. The Bertz CT molecular complexity index is 50.3. The number of hydrogen-bond donors (Lipinski definition) is 1. The number of aliphatic hydroxyl groups is 1. The third-order valence-corrected chi connectivity index (χ3v) is 1.01. The fourth-order valence-electron chi connectivity index (χ4n) is 0.539. The van der Waals surface area contributed by atoms with E-state index >= 15 is 0 Å². The van der Waals surface area contributed by atoms with Crippen molar-refractivity contribution in [2.75, 3.05) is 6.61 Å². The highest BCUT2D eigenvalue weighted by atomic mass is 16.2. The molecule has 0 saturated heterocycles. The van der Waals surface area contributed by atoms with Crippen LogP contribution in [-0.4, -0.2) is 18.0 Å². The highest BCUT2D eigenvalue weighted by Gasteiger charge is 1.80. The molecule has 0 aromatic heterocycles. The Morgan fingerprint density at radius 1 is 1.00 bits per heavy atom. The van der Waals surface area contributed by atoms with Crippen LogP contribution in [0.4, 0.5) is 0 Å². The molecule has 0 radical (unpaired) electrons. The van der Waals surface area contributed by atoms with Gasteiger partial charge < -0.3 is 9.90 Å². The second-order valence-corrected chi connectivity index (χ2v) is 2.02. The maximum atomic E-state index is 8.81. The molecule has 14 heavy (non-hydrogen) atoms. The van der Waals surface area contributed by atoms with Crippen LogP contribution in [0.5, 0.6) is 0 Å². The van der Waals surface area contributed by atoms with E-state index in [0.29, 0.717) is 6.61 Å². The minimum Gasteiger partial charge on any atom is -0.396 e. The van der Waals surface area contributed by atoms with E-state index in [0.717, 1.165) is 12.7 Å². The fourth-order valence-corrected chi connectivity index (χ4v) is 0.539. The molecule has 0 amide bonds. The molecule has 2 nitrogen and oxygen atoms in total. The Kier molecular flexibility index (Phi) is 90.3. The Hall–Kier alpha value is -0.370. The van der Waals surface area contributed by atoms with Crippen molar-refractivity contribution in [1.82, 2.24) is 0 Å². The maximum Gasteiger partial charge on any atom is 0.116 e. The molecule has 0 atom stereocenters. The summed E-state index contributed by atoms with van der Waals surface area (Å²) in [6, 6.07) is 0. The molecule has 0 bridgehead atoms. The van der Waals surface area contributed by atoms with Gasteiger partial charge >= 0.3 is 0 Å². The molecule has 0 fully saturated rings. The molecule has 0 aromatic rings. The van der Waals surface area contributed by atoms with Crippen LogP contribution in [0.3, 0.4) is 0 Å². The molecule has 0 heterocycles. The molecule has 2 heteroatoms. The lowest BCUT2D eigenvalue weighted by molar-refractivity contribution is -0.106. The predicted octanol–water partition coefficient (Wildman–Crippen LogP) is 3.82. The van der Waals surface area contributed by atoms with E-state index in [1.54, 1.807) is 0 Å². The van der Waals surface area contributed by atoms with Gasteiger partial charge in [-0.05, 0) is 13.3 Å². The van der Waals surface area contributed by atoms with E-state index in [1.165, 1.54) is 26.2 Å². The van der Waals surface area contributed by atoms with Crippen LogP contribution < -0.4 is 0 Å². The van der Waals surface area contributed by atoms with Crippen LogP contribution in [-0.2, 0) is 4.79 Å². The molecule has 1 N–H and O–H groups in total. The first-order valence-corrected chi connectivity index (χ1v) is 5.84. The highest BCUT2D eigenvalue weighted by molar-refractivity contribution is 5.44. The van der Waals surface area contributed by atoms with Gasteiger partial charge in [0.05, 0.1) is 0 Å². The van der Waals surface area contributed by atoms with Crippen molar-refractivity contribution in [3.05, 3.63) is 0 Å². The predicted molar refractivity (Wildman–Crippen MR) is 65.7 cm³/mol. The van der Waals surface area contributed by atoms with E-state index in [4.69, 9.17) is 9.90 Å². The first-order valence-electron chi connectivity index (χ1n) is 5.84. The molecule has 0 aliphatic carbocycles. The summed E-state index contributed by atoms with van der Waals surface area (Å²) in [5.74, 6) is 0. The van der Waals surface area contributed by atoms with Crippen LogP contribution in [0.25, 0.3) is 0 Å². The second kappa shape index (κ2) is 53.9. The summed E-state index contributed by atoms with van der Waals surface area (Å²) >= 11 is 0. The van der Waals surface area contributed by atoms with Crippen molar-refractivity contribution < 1.29 is 9.90 Å². The Morgan fingerprint density at radius 2 is 1.36 bits per heavy atom. The van der Waals surface area contributed by atoms with Crippen LogP contribution in [0.15, 0.2) is 0 Å². The monoisotopic (exact) mass is 206 g/mol. The van der Waals surface area contributed by atoms with E-state index in [9.17, 15) is 0 Å². The molecule has 0 aromatic carbocycles. The smallest absolute Gasteiger partial charge is 0.116 e. The molecular formula is C12H30O2. The van der Waals surface area contributed by atoms with E-state index in [2.05, 4.69) is 6.92 Å². The summed E-state index contributed by atoms with van der Waals surface area (Å²) in [6.45, 7) is 12.0. The molecule has 0 aliphatic heterocycles. The third kappa shape index (κ3) is 99.7. The number of rotatable bonds is 4. The van der Waals surface area contributed by atoms with Gasteiger partial charge in [-0.2, -0.15) is 0 Å². The number of hydrogen-bond acceptors (Lipinski definition) is 2. The largest absolute Gasteiger partial charge is 0.396 e. The molecule has 0 unspecified atom stereocenters. The van der Waals surface area contributed by atoms with Gasteiger partial charge in [-0.25, -0.2) is 0 Å². The fraction of sp³-hybridized carbons (Fsp3) is 0.917. The lowest BCUT2D eigenvalue weighted by Crippen LogP contribution is -1.80. The van der Waals surface area contributed by atoms with Gasteiger partial charge in [0.1, 0.15) is 6.29 Å². The zero-order chi connectivity index (χ0) is 12.2. The number of aldehydes is 1. The van der Waals surface area contributed by atoms with Gasteiger partial charge in [0.15, 0.2) is 0 Å². The quantitative estimate of drug-likeness (QED) is 0.561. The zero-order valence-electron chi connectivity index (χ0n) is 11.0.